The first kappa shape index (κ1) is 16.1. The maximum absolute atomic E-state index is 11.8. The monoisotopic (exact) mass is 290 g/mol. The van der Waals surface area contributed by atoms with E-state index < -0.39 is 18.0 Å². The lowest BCUT2D eigenvalue weighted by Crippen LogP contribution is -2.50. The summed E-state index contributed by atoms with van der Waals surface area (Å²) in [5.41, 5.74) is 0. The third kappa shape index (κ3) is 5.28. The Morgan fingerprint density at radius 1 is 1.42 bits per heavy atom. The van der Waals surface area contributed by atoms with E-state index in [1.807, 2.05) is 11.8 Å². The van der Waals surface area contributed by atoms with Gasteiger partial charge in [-0.15, -0.1) is 0 Å². The summed E-state index contributed by atoms with van der Waals surface area (Å²) in [4.78, 5) is 22.6. The van der Waals surface area contributed by atoms with Crippen LogP contribution in [0, 0.1) is 0 Å². The Bertz CT molecular complexity index is 314. The predicted molar refractivity (Wildman–Crippen MR) is 74.4 cm³/mol. The van der Waals surface area contributed by atoms with Gasteiger partial charge in [-0.25, -0.2) is 9.59 Å². The number of hydrogen-bond donors (Lipinski definition) is 4. The SMILES string of the molecule is CCSC1CCCC1NC(=O)NC(CCO)C(=O)O. The quantitative estimate of drug-likeness (QED) is 0.556. The number of carboxylic acids is 1. The second-order valence-electron chi connectivity index (χ2n) is 4.55. The number of thioether (sulfide) groups is 1. The number of urea groups is 1. The summed E-state index contributed by atoms with van der Waals surface area (Å²) in [6.07, 6.45) is 3.12. The van der Waals surface area contributed by atoms with Gasteiger partial charge in [0.2, 0.25) is 0 Å². The predicted octanol–water partition coefficient (Wildman–Crippen LogP) is 0.795. The number of carboxylic acid groups (broad SMARTS) is 1. The van der Waals surface area contributed by atoms with E-state index in [1.54, 1.807) is 0 Å². The number of aliphatic hydroxyl groups excluding tert-OH is 1. The smallest absolute Gasteiger partial charge is 0.326 e. The Balaban J connectivity index is 2.43. The van der Waals surface area contributed by atoms with Gasteiger partial charge in [0.25, 0.3) is 0 Å². The van der Waals surface area contributed by atoms with Crippen molar-refractivity contribution in [2.75, 3.05) is 12.4 Å². The van der Waals surface area contributed by atoms with Gasteiger partial charge in [0.15, 0.2) is 0 Å². The van der Waals surface area contributed by atoms with Crippen molar-refractivity contribution in [3.8, 4) is 0 Å². The molecule has 0 spiro atoms. The molecule has 0 aliphatic heterocycles. The molecule has 1 aliphatic rings. The Labute approximate surface area is 117 Å². The molecule has 0 heterocycles. The van der Waals surface area contributed by atoms with E-state index >= 15 is 0 Å². The van der Waals surface area contributed by atoms with Crippen molar-refractivity contribution in [2.24, 2.45) is 0 Å². The van der Waals surface area contributed by atoms with Crippen LogP contribution in [-0.4, -0.2) is 51.9 Å². The molecular formula is C12H22N2O4S. The van der Waals surface area contributed by atoms with Crippen LogP contribution in [0.5, 0.6) is 0 Å². The molecule has 4 N–H and O–H groups in total. The van der Waals surface area contributed by atoms with Crippen LogP contribution in [0.1, 0.15) is 32.6 Å². The number of aliphatic carboxylic acids is 1. The van der Waals surface area contributed by atoms with Crippen molar-refractivity contribution in [2.45, 2.75) is 49.9 Å². The van der Waals surface area contributed by atoms with E-state index in [0.29, 0.717) is 5.25 Å². The van der Waals surface area contributed by atoms with E-state index in [1.165, 1.54) is 0 Å². The number of amides is 2. The summed E-state index contributed by atoms with van der Waals surface area (Å²) >= 11 is 1.83. The zero-order valence-electron chi connectivity index (χ0n) is 11.1. The molecule has 1 rings (SSSR count). The van der Waals surface area contributed by atoms with Gasteiger partial charge < -0.3 is 20.8 Å². The van der Waals surface area contributed by atoms with Crippen molar-refractivity contribution in [1.29, 1.82) is 0 Å². The number of carbonyl (C=O) groups is 2. The molecule has 0 saturated heterocycles. The van der Waals surface area contributed by atoms with Gasteiger partial charge in [-0.05, 0) is 18.6 Å². The zero-order valence-corrected chi connectivity index (χ0v) is 11.9. The van der Waals surface area contributed by atoms with E-state index in [2.05, 4.69) is 17.6 Å². The van der Waals surface area contributed by atoms with Crippen molar-refractivity contribution < 1.29 is 19.8 Å². The molecule has 3 atom stereocenters. The Morgan fingerprint density at radius 2 is 2.16 bits per heavy atom. The Hall–Kier alpha value is -0.950. The minimum absolute atomic E-state index is 0.0144. The van der Waals surface area contributed by atoms with Gasteiger partial charge in [0.05, 0.1) is 0 Å². The van der Waals surface area contributed by atoms with Gasteiger partial charge in [-0.1, -0.05) is 13.3 Å². The van der Waals surface area contributed by atoms with Gasteiger partial charge in [0, 0.05) is 24.3 Å². The molecule has 1 saturated carbocycles. The van der Waals surface area contributed by atoms with Gasteiger partial charge in [0.1, 0.15) is 6.04 Å². The topological polar surface area (TPSA) is 98.7 Å². The van der Waals surface area contributed by atoms with Crippen LogP contribution in [0.2, 0.25) is 0 Å². The average molecular weight is 290 g/mol. The highest BCUT2D eigenvalue weighted by atomic mass is 32.2. The number of nitrogens with one attached hydrogen (secondary N) is 2. The highest BCUT2D eigenvalue weighted by Crippen LogP contribution is 2.29. The molecule has 0 aromatic carbocycles. The second kappa shape index (κ2) is 8.27. The Kier molecular flexibility index (Phi) is 7.01. The summed E-state index contributed by atoms with van der Waals surface area (Å²) in [6, 6.07) is -1.40. The largest absolute Gasteiger partial charge is 0.480 e. The molecule has 0 aromatic rings. The van der Waals surface area contributed by atoms with Crippen LogP contribution in [0.15, 0.2) is 0 Å². The third-order valence-electron chi connectivity index (χ3n) is 3.17. The molecule has 110 valence electrons. The minimum Gasteiger partial charge on any atom is -0.480 e. The molecule has 19 heavy (non-hydrogen) atoms. The van der Waals surface area contributed by atoms with Gasteiger partial charge in [-0.3, -0.25) is 0 Å². The fraction of sp³-hybridized carbons (Fsp3) is 0.833. The second-order valence-corrected chi connectivity index (χ2v) is 6.07. The van der Waals surface area contributed by atoms with Crippen LogP contribution in [-0.2, 0) is 4.79 Å². The standard InChI is InChI=1S/C12H22N2O4S/c1-2-19-10-5-3-4-8(10)13-12(18)14-9(6-7-15)11(16)17/h8-10,15H,2-7H2,1H3,(H,16,17)(H2,13,14,18). The fourth-order valence-corrected chi connectivity index (χ4v) is 3.46. The highest BCUT2D eigenvalue weighted by molar-refractivity contribution is 7.99. The summed E-state index contributed by atoms with van der Waals surface area (Å²) in [5, 5.41) is 23.3. The molecule has 3 unspecified atom stereocenters. The van der Waals surface area contributed by atoms with Crippen LogP contribution in [0.4, 0.5) is 4.79 Å². The van der Waals surface area contributed by atoms with Crippen molar-refractivity contribution in [1.82, 2.24) is 10.6 Å². The third-order valence-corrected chi connectivity index (χ3v) is 4.50. The Morgan fingerprint density at radius 3 is 2.74 bits per heavy atom. The van der Waals surface area contributed by atoms with Crippen LogP contribution >= 0.6 is 11.8 Å². The normalized spacial score (nSPS) is 23.9. The molecule has 1 aliphatic carbocycles. The molecule has 0 aromatic heterocycles. The lowest BCUT2D eigenvalue weighted by atomic mass is 10.2. The van der Waals surface area contributed by atoms with Crippen molar-refractivity contribution >= 4 is 23.8 Å². The number of hydrogen-bond acceptors (Lipinski definition) is 4. The number of rotatable bonds is 7. The first-order valence-corrected chi connectivity index (χ1v) is 7.65. The molecule has 1 fully saturated rings. The first-order valence-electron chi connectivity index (χ1n) is 6.60. The van der Waals surface area contributed by atoms with Crippen LogP contribution in [0.3, 0.4) is 0 Å². The van der Waals surface area contributed by atoms with Crippen molar-refractivity contribution in [3.63, 3.8) is 0 Å². The maximum Gasteiger partial charge on any atom is 0.326 e. The zero-order chi connectivity index (χ0) is 14.3. The lowest BCUT2D eigenvalue weighted by Gasteiger charge is -2.22. The number of aliphatic hydroxyl groups is 1. The highest BCUT2D eigenvalue weighted by Gasteiger charge is 2.29. The molecule has 2 amide bonds. The summed E-state index contributed by atoms with van der Waals surface area (Å²) < 4.78 is 0. The average Bonchev–Trinajstić information content (AvgIpc) is 2.76. The summed E-state index contributed by atoms with van der Waals surface area (Å²) in [7, 11) is 0. The summed E-state index contributed by atoms with van der Waals surface area (Å²) in [5.74, 6) is -0.123. The molecule has 0 radical (unpaired) electrons. The fourth-order valence-electron chi connectivity index (χ4n) is 2.26. The first-order chi connectivity index (χ1) is 9.08. The number of carbonyl (C=O) groups excluding carboxylic acids is 1. The van der Waals surface area contributed by atoms with Crippen molar-refractivity contribution in [3.05, 3.63) is 0 Å². The lowest BCUT2D eigenvalue weighted by molar-refractivity contribution is -0.139. The van der Waals surface area contributed by atoms with Gasteiger partial charge >= 0.3 is 12.0 Å². The molecule has 0 bridgehead atoms. The summed E-state index contributed by atoms with van der Waals surface area (Å²) in [6.45, 7) is 1.82. The van der Waals surface area contributed by atoms with E-state index in [0.717, 1.165) is 25.0 Å². The molecular weight excluding hydrogens is 268 g/mol. The molecule has 6 nitrogen and oxygen atoms in total. The van der Waals surface area contributed by atoms with Gasteiger partial charge in [-0.2, -0.15) is 11.8 Å². The van der Waals surface area contributed by atoms with Crippen LogP contribution < -0.4 is 10.6 Å². The van der Waals surface area contributed by atoms with Crippen LogP contribution in [0.25, 0.3) is 0 Å². The van der Waals surface area contributed by atoms with E-state index in [9.17, 15) is 9.59 Å². The molecule has 7 heteroatoms. The van der Waals surface area contributed by atoms with E-state index in [4.69, 9.17) is 10.2 Å². The minimum atomic E-state index is -1.13. The maximum atomic E-state index is 11.8. The van der Waals surface area contributed by atoms with E-state index in [-0.39, 0.29) is 19.1 Å².